The van der Waals surface area contributed by atoms with Crippen molar-refractivity contribution in [3.05, 3.63) is 65.3 Å². The minimum atomic E-state index is -4.72. The van der Waals surface area contributed by atoms with Crippen LogP contribution in [-0.2, 0) is 11.2 Å². The van der Waals surface area contributed by atoms with Gasteiger partial charge >= 0.3 is 6.36 Å². The molecule has 0 spiro atoms. The summed E-state index contributed by atoms with van der Waals surface area (Å²) in [4.78, 5) is 14.9. The number of ketones is 1. The van der Waals surface area contributed by atoms with Crippen LogP contribution >= 0.6 is 11.6 Å². The van der Waals surface area contributed by atoms with Crippen molar-refractivity contribution in [3.8, 4) is 5.75 Å². The molecule has 0 bridgehead atoms. The van der Waals surface area contributed by atoms with E-state index in [-0.39, 0.29) is 18.1 Å². The summed E-state index contributed by atoms with van der Waals surface area (Å²) in [6.07, 6.45) is 4.06. The van der Waals surface area contributed by atoms with E-state index in [9.17, 15) is 23.1 Å². The standard InChI is InChI=1S/C20H23F3N2O2.C6H9ClO/c1-3-5-14(4-2)18-15(11-13-26)10-12-24-19(18)25-16-6-8-17(9-7-16)27-20(21,22)23;1-2-3-6(8)4-5-7/h5-10,12,26H,3-4,11,13H2,1-2H3,(H,24,25);4-5H,2-3H2,1H3/b14-5+;5-4-. The predicted octanol–water partition coefficient (Wildman–Crippen LogP) is 7.57. The van der Waals surface area contributed by atoms with Crippen molar-refractivity contribution in [2.75, 3.05) is 11.9 Å². The van der Waals surface area contributed by atoms with Gasteiger partial charge in [-0.05, 0) is 73.2 Å². The Bertz CT molecular complexity index is 975. The third-order valence-electron chi connectivity index (χ3n) is 4.67. The molecule has 0 saturated heterocycles. The van der Waals surface area contributed by atoms with Crippen LogP contribution in [0.15, 0.2) is 54.2 Å². The van der Waals surface area contributed by atoms with Crippen molar-refractivity contribution in [3.63, 3.8) is 0 Å². The molecule has 0 aliphatic heterocycles. The van der Waals surface area contributed by atoms with Gasteiger partial charge in [0.25, 0.3) is 0 Å². The van der Waals surface area contributed by atoms with Crippen molar-refractivity contribution < 1.29 is 27.8 Å². The number of hydrogen-bond acceptors (Lipinski definition) is 5. The molecular formula is C26H32ClF3N2O3. The molecule has 0 fully saturated rings. The number of anilines is 2. The minimum absolute atomic E-state index is 0.0169. The summed E-state index contributed by atoms with van der Waals surface area (Å²) in [5, 5.41) is 12.5. The van der Waals surface area contributed by atoms with Gasteiger partial charge in [0.2, 0.25) is 0 Å². The highest BCUT2D eigenvalue weighted by Gasteiger charge is 2.31. The summed E-state index contributed by atoms with van der Waals surface area (Å²) in [7, 11) is 0. The fourth-order valence-corrected chi connectivity index (χ4v) is 3.37. The highest BCUT2D eigenvalue weighted by molar-refractivity contribution is 6.26. The summed E-state index contributed by atoms with van der Waals surface area (Å²) in [5.41, 5.74) is 4.83. The zero-order chi connectivity index (χ0) is 26.3. The van der Waals surface area contributed by atoms with Crippen LogP contribution in [-0.4, -0.2) is 28.8 Å². The number of allylic oxidation sites excluding steroid dienone is 3. The van der Waals surface area contributed by atoms with Gasteiger partial charge in [-0.1, -0.05) is 38.4 Å². The molecule has 0 radical (unpaired) electrons. The van der Waals surface area contributed by atoms with E-state index < -0.39 is 6.36 Å². The zero-order valence-electron chi connectivity index (χ0n) is 20.2. The number of carbonyl (C=O) groups excluding carboxylic acids is 1. The number of aliphatic hydroxyl groups is 1. The summed E-state index contributed by atoms with van der Waals surface area (Å²) in [6.45, 7) is 6.07. The first kappa shape index (κ1) is 30.2. The molecule has 5 nitrogen and oxygen atoms in total. The number of pyridine rings is 1. The van der Waals surface area contributed by atoms with Gasteiger partial charge in [0.05, 0.1) is 0 Å². The van der Waals surface area contributed by atoms with Crippen LogP contribution in [0.3, 0.4) is 0 Å². The number of benzene rings is 1. The third kappa shape index (κ3) is 11.4. The maximum atomic E-state index is 12.3. The van der Waals surface area contributed by atoms with Crippen molar-refractivity contribution in [1.82, 2.24) is 4.98 Å². The molecule has 2 rings (SSSR count). The number of aliphatic hydroxyl groups excluding tert-OH is 1. The molecule has 35 heavy (non-hydrogen) atoms. The quantitative estimate of drug-likeness (QED) is 0.304. The Morgan fingerprint density at radius 2 is 1.86 bits per heavy atom. The molecule has 0 aliphatic rings. The maximum absolute atomic E-state index is 12.3. The Morgan fingerprint density at radius 1 is 1.17 bits per heavy atom. The molecule has 1 aromatic heterocycles. The van der Waals surface area contributed by atoms with E-state index in [0.29, 0.717) is 24.3 Å². The molecule has 2 N–H and O–H groups in total. The number of nitrogens with zero attached hydrogens (tertiary/aromatic N) is 1. The second-order valence-corrected chi connectivity index (χ2v) is 7.62. The molecule has 192 valence electrons. The Balaban J connectivity index is 0.000000658. The van der Waals surface area contributed by atoms with Gasteiger partial charge in [0, 0.05) is 36.0 Å². The molecule has 0 aliphatic carbocycles. The lowest BCUT2D eigenvalue weighted by Gasteiger charge is -2.17. The monoisotopic (exact) mass is 512 g/mol. The van der Waals surface area contributed by atoms with E-state index in [0.717, 1.165) is 36.0 Å². The second kappa shape index (κ2) is 15.9. The van der Waals surface area contributed by atoms with Crippen LogP contribution in [0.1, 0.15) is 57.6 Å². The Hall–Kier alpha value is -2.84. The minimum Gasteiger partial charge on any atom is -0.406 e. The number of alkyl halides is 3. The number of hydrogen-bond donors (Lipinski definition) is 2. The number of carbonyl (C=O) groups is 1. The van der Waals surface area contributed by atoms with E-state index in [1.807, 2.05) is 26.8 Å². The average Bonchev–Trinajstić information content (AvgIpc) is 2.79. The fourth-order valence-electron chi connectivity index (χ4n) is 3.23. The Morgan fingerprint density at radius 3 is 2.37 bits per heavy atom. The van der Waals surface area contributed by atoms with Crippen LogP contribution in [0.4, 0.5) is 24.7 Å². The molecule has 0 amide bonds. The molecule has 9 heteroatoms. The Labute approximate surface area is 209 Å². The van der Waals surface area contributed by atoms with Gasteiger partial charge in [-0.3, -0.25) is 4.79 Å². The number of rotatable bonds is 11. The van der Waals surface area contributed by atoms with Crippen molar-refractivity contribution >= 4 is 34.5 Å². The van der Waals surface area contributed by atoms with E-state index in [1.54, 1.807) is 6.20 Å². The maximum Gasteiger partial charge on any atom is 0.573 e. The largest absolute Gasteiger partial charge is 0.573 e. The van der Waals surface area contributed by atoms with Crippen molar-refractivity contribution in [2.45, 2.75) is 59.2 Å². The fraction of sp³-hybridized carbons (Fsp3) is 0.385. The third-order valence-corrected chi connectivity index (χ3v) is 4.79. The smallest absolute Gasteiger partial charge is 0.406 e. The summed E-state index contributed by atoms with van der Waals surface area (Å²) >= 11 is 5.13. The lowest BCUT2D eigenvalue weighted by molar-refractivity contribution is -0.274. The van der Waals surface area contributed by atoms with E-state index >= 15 is 0 Å². The van der Waals surface area contributed by atoms with E-state index in [2.05, 4.69) is 21.1 Å². The summed E-state index contributed by atoms with van der Waals surface area (Å²) in [5.74, 6) is 0.421. The lowest BCUT2D eigenvalue weighted by Crippen LogP contribution is -2.17. The van der Waals surface area contributed by atoms with Crippen LogP contribution in [0.5, 0.6) is 5.75 Å². The van der Waals surface area contributed by atoms with Crippen LogP contribution in [0, 0.1) is 0 Å². The van der Waals surface area contributed by atoms with Gasteiger partial charge in [-0.2, -0.15) is 0 Å². The normalized spacial score (nSPS) is 11.7. The molecule has 2 aromatic rings. The number of nitrogens with one attached hydrogen (secondary N) is 1. The predicted molar refractivity (Wildman–Crippen MR) is 135 cm³/mol. The Kier molecular flexibility index (Phi) is 13.8. The highest BCUT2D eigenvalue weighted by Crippen LogP contribution is 2.32. The van der Waals surface area contributed by atoms with Gasteiger partial charge in [-0.15, -0.1) is 13.2 Å². The van der Waals surface area contributed by atoms with Gasteiger partial charge in [-0.25, -0.2) is 4.98 Å². The topological polar surface area (TPSA) is 71.5 Å². The molecule has 0 unspecified atom stereocenters. The number of halogens is 4. The van der Waals surface area contributed by atoms with Crippen LogP contribution in [0.2, 0.25) is 0 Å². The SMILES string of the molecule is CC/C=C(\CC)c1c(CCO)ccnc1Nc1ccc(OC(F)(F)F)cc1.CCCC(=O)/C=C\Cl. The number of ether oxygens (including phenoxy) is 1. The van der Waals surface area contributed by atoms with E-state index in [4.69, 9.17) is 11.6 Å². The molecular weight excluding hydrogens is 481 g/mol. The molecule has 0 saturated carbocycles. The van der Waals surface area contributed by atoms with Crippen molar-refractivity contribution in [1.29, 1.82) is 0 Å². The van der Waals surface area contributed by atoms with E-state index in [1.165, 1.54) is 35.9 Å². The summed E-state index contributed by atoms with van der Waals surface area (Å²) in [6, 6.07) is 7.36. The summed E-state index contributed by atoms with van der Waals surface area (Å²) < 4.78 is 40.7. The second-order valence-electron chi connectivity index (χ2n) is 7.36. The molecule has 1 heterocycles. The first-order valence-electron chi connectivity index (χ1n) is 11.4. The lowest BCUT2D eigenvalue weighted by atomic mass is 9.96. The molecule has 1 aromatic carbocycles. The zero-order valence-corrected chi connectivity index (χ0v) is 20.9. The first-order valence-corrected chi connectivity index (χ1v) is 11.8. The average molecular weight is 513 g/mol. The highest BCUT2D eigenvalue weighted by atomic mass is 35.5. The van der Waals surface area contributed by atoms with Crippen LogP contribution in [0.25, 0.3) is 5.57 Å². The number of aromatic nitrogens is 1. The molecule has 0 atom stereocenters. The van der Waals surface area contributed by atoms with Crippen molar-refractivity contribution in [2.24, 2.45) is 0 Å². The van der Waals surface area contributed by atoms with Gasteiger partial charge in [0.1, 0.15) is 11.6 Å². The van der Waals surface area contributed by atoms with Gasteiger partial charge in [0.15, 0.2) is 5.78 Å². The van der Waals surface area contributed by atoms with Crippen LogP contribution < -0.4 is 10.1 Å². The van der Waals surface area contributed by atoms with Gasteiger partial charge < -0.3 is 15.2 Å². The first-order chi connectivity index (χ1) is 16.7.